The number of carbonyl (C=O) groups is 3. The lowest BCUT2D eigenvalue weighted by atomic mass is 9.66. The summed E-state index contributed by atoms with van der Waals surface area (Å²) < 4.78 is 15.0. The molecule has 30 heavy (non-hydrogen) atoms. The van der Waals surface area contributed by atoms with Gasteiger partial charge in [-0.2, -0.15) is 0 Å². The van der Waals surface area contributed by atoms with Crippen molar-refractivity contribution < 1.29 is 33.7 Å². The molecule has 2 aromatic rings. The molecule has 0 amide bonds. The fourth-order valence-electron chi connectivity index (χ4n) is 3.93. The Balaban J connectivity index is 1.99. The van der Waals surface area contributed by atoms with E-state index in [1.807, 2.05) is 0 Å². The Hall–Kier alpha value is -3.19. The number of Topliss-reactive ketones (excluding diaryl/α,β-unsaturated/α-hetero) is 2. The van der Waals surface area contributed by atoms with Crippen LogP contribution in [-0.4, -0.2) is 44.0 Å². The molecule has 0 bridgehead atoms. The molecule has 158 valence electrons. The molecular formula is C23H24O7. The Morgan fingerprint density at radius 1 is 0.933 bits per heavy atom. The predicted octanol–water partition coefficient (Wildman–Crippen LogP) is 2.54. The van der Waals surface area contributed by atoms with E-state index in [9.17, 15) is 19.5 Å². The molecule has 1 saturated carbocycles. The second-order valence-corrected chi connectivity index (χ2v) is 7.31. The first-order valence-corrected chi connectivity index (χ1v) is 9.48. The van der Waals surface area contributed by atoms with Crippen LogP contribution in [0.2, 0.25) is 0 Å². The zero-order valence-electron chi connectivity index (χ0n) is 17.1. The minimum Gasteiger partial charge on any atom is -0.497 e. The van der Waals surface area contributed by atoms with Gasteiger partial charge in [0.05, 0.1) is 26.9 Å². The SMILES string of the molecule is COC(=O)[C@@H]1C(=O)C[C@@](O)(c2ccc(OC)cc2)C[C@H]1C(=O)c1ccc(OC)cc1. The molecule has 7 heteroatoms. The standard InChI is InChI=1S/C23H24O7/c1-28-16-8-4-14(5-9-16)21(25)18-12-23(27,13-19(24)20(18)22(26)30-3)15-6-10-17(29-2)11-7-15/h4-11,18,20,27H,12-13H2,1-3H3/t18-,20+,23-/m1/s1. The summed E-state index contributed by atoms with van der Waals surface area (Å²) in [7, 11) is 4.21. The molecule has 0 saturated heterocycles. The Kier molecular flexibility index (Phi) is 6.22. The van der Waals surface area contributed by atoms with Crippen LogP contribution in [0, 0.1) is 11.8 Å². The van der Waals surface area contributed by atoms with Gasteiger partial charge >= 0.3 is 5.97 Å². The van der Waals surface area contributed by atoms with E-state index in [0.717, 1.165) is 0 Å². The number of aliphatic hydroxyl groups is 1. The Morgan fingerprint density at radius 2 is 1.47 bits per heavy atom. The van der Waals surface area contributed by atoms with Gasteiger partial charge < -0.3 is 19.3 Å². The molecule has 1 aliphatic rings. The van der Waals surface area contributed by atoms with Gasteiger partial charge in [0.25, 0.3) is 0 Å². The van der Waals surface area contributed by atoms with Crippen molar-refractivity contribution in [2.75, 3.05) is 21.3 Å². The number of ether oxygens (including phenoxy) is 3. The summed E-state index contributed by atoms with van der Waals surface area (Å²) in [5.74, 6) is -2.86. The van der Waals surface area contributed by atoms with Crippen molar-refractivity contribution in [1.29, 1.82) is 0 Å². The molecule has 1 N–H and O–H groups in total. The largest absolute Gasteiger partial charge is 0.497 e. The number of ketones is 2. The quantitative estimate of drug-likeness (QED) is 0.442. The molecule has 7 nitrogen and oxygen atoms in total. The zero-order valence-corrected chi connectivity index (χ0v) is 17.1. The topological polar surface area (TPSA) is 99.1 Å². The lowest BCUT2D eigenvalue weighted by molar-refractivity contribution is -0.157. The second-order valence-electron chi connectivity index (χ2n) is 7.31. The number of methoxy groups -OCH3 is 3. The monoisotopic (exact) mass is 412 g/mol. The normalized spacial score (nSPS) is 23.5. The van der Waals surface area contributed by atoms with Crippen molar-refractivity contribution in [1.82, 2.24) is 0 Å². The smallest absolute Gasteiger partial charge is 0.316 e. The molecule has 3 atom stereocenters. The van der Waals surface area contributed by atoms with Gasteiger partial charge in [0.2, 0.25) is 0 Å². The van der Waals surface area contributed by atoms with E-state index >= 15 is 0 Å². The van der Waals surface area contributed by atoms with E-state index < -0.39 is 35.0 Å². The highest BCUT2D eigenvalue weighted by Crippen LogP contribution is 2.43. The molecule has 0 aromatic heterocycles. The van der Waals surface area contributed by atoms with Crippen molar-refractivity contribution in [3.05, 3.63) is 59.7 Å². The second kappa shape index (κ2) is 8.67. The van der Waals surface area contributed by atoms with Crippen molar-refractivity contribution in [2.45, 2.75) is 18.4 Å². The third-order valence-electron chi connectivity index (χ3n) is 5.57. The fraction of sp³-hybridized carbons (Fsp3) is 0.348. The minimum absolute atomic E-state index is 0.0876. The van der Waals surface area contributed by atoms with Crippen LogP contribution in [0.1, 0.15) is 28.8 Å². The van der Waals surface area contributed by atoms with Gasteiger partial charge in [0.1, 0.15) is 17.4 Å². The van der Waals surface area contributed by atoms with Crippen molar-refractivity contribution >= 4 is 17.5 Å². The molecule has 2 aromatic carbocycles. The summed E-state index contributed by atoms with van der Waals surface area (Å²) in [6.45, 7) is 0. The zero-order chi connectivity index (χ0) is 21.9. The molecule has 0 aliphatic heterocycles. The van der Waals surface area contributed by atoms with Crippen LogP contribution >= 0.6 is 0 Å². The number of esters is 1. The minimum atomic E-state index is -1.58. The summed E-state index contributed by atoms with van der Waals surface area (Å²) in [6.07, 6.45) is -0.374. The molecule has 0 radical (unpaired) electrons. The van der Waals surface area contributed by atoms with Gasteiger partial charge in [0.15, 0.2) is 11.6 Å². The van der Waals surface area contributed by atoms with Gasteiger partial charge in [-0.25, -0.2) is 0 Å². The van der Waals surface area contributed by atoms with E-state index in [4.69, 9.17) is 14.2 Å². The summed E-state index contributed by atoms with van der Waals surface area (Å²) in [5, 5.41) is 11.3. The Labute approximate surface area is 174 Å². The van der Waals surface area contributed by atoms with E-state index in [1.165, 1.54) is 21.3 Å². The number of carbonyl (C=O) groups excluding carboxylic acids is 3. The van der Waals surface area contributed by atoms with E-state index in [1.54, 1.807) is 48.5 Å². The van der Waals surface area contributed by atoms with Crippen LogP contribution in [0.4, 0.5) is 0 Å². The van der Waals surface area contributed by atoms with E-state index in [2.05, 4.69) is 0 Å². The first-order chi connectivity index (χ1) is 14.3. The summed E-state index contributed by atoms with van der Waals surface area (Å²) in [6, 6.07) is 13.0. The third kappa shape index (κ3) is 4.07. The number of hydrogen-bond acceptors (Lipinski definition) is 7. The van der Waals surface area contributed by atoms with Crippen LogP contribution in [0.5, 0.6) is 11.5 Å². The molecule has 1 aliphatic carbocycles. The molecule has 0 spiro atoms. The van der Waals surface area contributed by atoms with Gasteiger partial charge in [-0.3, -0.25) is 14.4 Å². The number of rotatable bonds is 6. The van der Waals surface area contributed by atoms with Gasteiger partial charge in [-0.1, -0.05) is 12.1 Å². The van der Waals surface area contributed by atoms with Gasteiger partial charge in [0, 0.05) is 17.9 Å². The highest BCUT2D eigenvalue weighted by molar-refractivity contribution is 6.08. The first-order valence-electron chi connectivity index (χ1n) is 9.48. The summed E-state index contributed by atoms with van der Waals surface area (Å²) >= 11 is 0. The van der Waals surface area contributed by atoms with E-state index in [-0.39, 0.29) is 12.8 Å². The van der Waals surface area contributed by atoms with Crippen LogP contribution in [0.3, 0.4) is 0 Å². The van der Waals surface area contributed by atoms with Crippen LogP contribution < -0.4 is 9.47 Å². The fourth-order valence-corrected chi connectivity index (χ4v) is 3.93. The van der Waals surface area contributed by atoms with Crippen molar-refractivity contribution in [3.8, 4) is 11.5 Å². The lowest BCUT2D eigenvalue weighted by Gasteiger charge is -2.39. The Morgan fingerprint density at radius 3 is 1.97 bits per heavy atom. The molecule has 3 rings (SSSR count). The van der Waals surface area contributed by atoms with Crippen LogP contribution in [0.25, 0.3) is 0 Å². The highest BCUT2D eigenvalue weighted by Gasteiger charge is 2.51. The summed E-state index contributed by atoms with van der Waals surface area (Å²) in [5.41, 5.74) is -0.783. The average molecular weight is 412 g/mol. The molecule has 1 fully saturated rings. The van der Waals surface area contributed by atoms with Crippen LogP contribution in [0.15, 0.2) is 48.5 Å². The predicted molar refractivity (Wildman–Crippen MR) is 107 cm³/mol. The molecule has 0 heterocycles. The van der Waals surface area contributed by atoms with Crippen LogP contribution in [-0.2, 0) is 19.9 Å². The third-order valence-corrected chi connectivity index (χ3v) is 5.57. The summed E-state index contributed by atoms with van der Waals surface area (Å²) in [4.78, 5) is 38.5. The maximum Gasteiger partial charge on any atom is 0.316 e. The van der Waals surface area contributed by atoms with Crippen molar-refractivity contribution in [2.24, 2.45) is 11.8 Å². The highest BCUT2D eigenvalue weighted by atomic mass is 16.5. The van der Waals surface area contributed by atoms with Gasteiger partial charge in [-0.15, -0.1) is 0 Å². The lowest BCUT2D eigenvalue weighted by Crippen LogP contribution is -2.48. The Bertz CT molecular complexity index is 933. The number of benzene rings is 2. The molecule has 0 unspecified atom stereocenters. The van der Waals surface area contributed by atoms with Gasteiger partial charge in [-0.05, 0) is 48.4 Å². The first kappa shape index (κ1) is 21.5. The average Bonchev–Trinajstić information content (AvgIpc) is 2.77. The molecular weight excluding hydrogens is 388 g/mol. The maximum absolute atomic E-state index is 13.3. The maximum atomic E-state index is 13.3. The van der Waals surface area contributed by atoms with Crippen molar-refractivity contribution in [3.63, 3.8) is 0 Å². The van der Waals surface area contributed by atoms with E-state index in [0.29, 0.717) is 22.6 Å². The number of hydrogen-bond donors (Lipinski definition) is 1.